The van der Waals surface area contributed by atoms with Gasteiger partial charge in [0, 0.05) is 33.0 Å². The fraction of sp³-hybridized carbons (Fsp3) is 0.929. The molecule has 1 heterocycles. The fourth-order valence-electron chi connectivity index (χ4n) is 2.91. The van der Waals surface area contributed by atoms with Crippen molar-refractivity contribution < 1.29 is 9.47 Å². The van der Waals surface area contributed by atoms with Crippen LogP contribution in [0.25, 0.3) is 0 Å². The van der Waals surface area contributed by atoms with Crippen molar-refractivity contribution in [2.45, 2.75) is 50.7 Å². The smallest absolute Gasteiger partial charge is 0.0959 e. The lowest BCUT2D eigenvalue weighted by atomic mass is 9.94. The summed E-state index contributed by atoms with van der Waals surface area (Å²) in [6.07, 6.45) is 7.72. The second kappa shape index (κ2) is 7.10. The predicted molar refractivity (Wildman–Crippen MR) is 73.1 cm³/mol. The SMILES string of the molecule is CN=C1CCC(COC2CCCCC2OC)CN1. The van der Waals surface area contributed by atoms with Crippen LogP contribution >= 0.6 is 0 Å². The number of nitrogens with zero attached hydrogens (tertiary/aromatic N) is 1. The molecule has 4 nitrogen and oxygen atoms in total. The molecule has 3 atom stereocenters. The van der Waals surface area contributed by atoms with Crippen molar-refractivity contribution in [3.63, 3.8) is 0 Å². The number of piperidine rings is 1. The molecule has 2 rings (SSSR count). The third kappa shape index (κ3) is 3.69. The molecule has 0 aromatic heterocycles. The van der Waals surface area contributed by atoms with Crippen molar-refractivity contribution in [2.24, 2.45) is 10.9 Å². The Morgan fingerprint density at radius 2 is 2.00 bits per heavy atom. The molecule has 0 aromatic rings. The maximum atomic E-state index is 6.09. The van der Waals surface area contributed by atoms with Gasteiger partial charge in [-0.05, 0) is 19.3 Å². The van der Waals surface area contributed by atoms with Gasteiger partial charge in [-0.1, -0.05) is 12.8 Å². The van der Waals surface area contributed by atoms with Crippen LogP contribution in [0.15, 0.2) is 4.99 Å². The third-order valence-electron chi connectivity index (χ3n) is 4.14. The minimum absolute atomic E-state index is 0.308. The van der Waals surface area contributed by atoms with Crippen molar-refractivity contribution in [1.29, 1.82) is 0 Å². The molecule has 1 aliphatic heterocycles. The number of nitrogens with one attached hydrogen (secondary N) is 1. The van der Waals surface area contributed by atoms with Crippen LogP contribution in [0, 0.1) is 5.92 Å². The zero-order valence-electron chi connectivity index (χ0n) is 11.7. The number of ether oxygens (including phenoxy) is 2. The molecule has 1 saturated carbocycles. The Kier molecular flexibility index (Phi) is 5.45. The first-order chi connectivity index (χ1) is 8.83. The van der Waals surface area contributed by atoms with Gasteiger partial charge in [0.2, 0.25) is 0 Å². The summed E-state index contributed by atoms with van der Waals surface area (Å²) in [4.78, 5) is 4.20. The molecule has 2 aliphatic rings. The summed E-state index contributed by atoms with van der Waals surface area (Å²) in [7, 11) is 3.66. The van der Waals surface area contributed by atoms with E-state index in [1.807, 2.05) is 7.05 Å². The van der Waals surface area contributed by atoms with Crippen molar-refractivity contribution in [2.75, 3.05) is 27.3 Å². The Bertz CT molecular complexity index is 271. The molecular weight excluding hydrogens is 228 g/mol. The van der Waals surface area contributed by atoms with E-state index < -0.39 is 0 Å². The lowest BCUT2D eigenvalue weighted by Gasteiger charge is -2.32. The van der Waals surface area contributed by atoms with Crippen LogP contribution in [-0.2, 0) is 9.47 Å². The predicted octanol–water partition coefficient (Wildman–Crippen LogP) is 1.99. The summed E-state index contributed by atoms with van der Waals surface area (Å²) in [6, 6.07) is 0. The van der Waals surface area contributed by atoms with Gasteiger partial charge in [0.05, 0.1) is 24.7 Å². The summed E-state index contributed by atoms with van der Waals surface area (Å²) in [5.74, 6) is 1.76. The highest BCUT2D eigenvalue weighted by atomic mass is 16.5. The van der Waals surface area contributed by atoms with E-state index in [9.17, 15) is 0 Å². The van der Waals surface area contributed by atoms with Gasteiger partial charge in [0.1, 0.15) is 0 Å². The molecule has 0 aromatic carbocycles. The first-order valence-corrected chi connectivity index (χ1v) is 7.17. The van der Waals surface area contributed by atoms with E-state index in [1.54, 1.807) is 7.11 Å². The Balaban J connectivity index is 1.71. The van der Waals surface area contributed by atoms with Gasteiger partial charge in [-0.25, -0.2) is 0 Å². The highest BCUT2D eigenvalue weighted by Crippen LogP contribution is 2.24. The fourth-order valence-corrected chi connectivity index (χ4v) is 2.91. The van der Waals surface area contributed by atoms with Crippen molar-refractivity contribution in [3.05, 3.63) is 0 Å². The van der Waals surface area contributed by atoms with Gasteiger partial charge >= 0.3 is 0 Å². The molecule has 1 saturated heterocycles. The van der Waals surface area contributed by atoms with Crippen LogP contribution in [-0.4, -0.2) is 45.4 Å². The second-order valence-electron chi connectivity index (χ2n) is 5.39. The summed E-state index contributed by atoms with van der Waals surface area (Å²) in [5, 5.41) is 3.37. The van der Waals surface area contributed by atoms with Gasteiger partial charge < -0.3 is 14.8 Å². The summed E-state index contributed by atoms with van der Waals surface area (Å²) < 4.78 is 11.6. The number of hydrogen-bond acceptors (Lipinski definition) is 3. The van der Waals surface area contributed by atoms with Crippen molar-refractivity contribution in [3.8, 4) is 0 Å². The number of hydrogen-bond donors (Lipinski definition) is 1. The minimum Gasteiger partial charge on any atom is -0.379 e. The van der Waals surface area contributed by atoms with E-state index in [4.69, 9.17) is 9.47 Å². The third-order valence-corrected chi connectivity index (χ3v) is 4.14. The molecule has 2 fully saturated rings. The van der Waals surface area contributed by atoms with Crippen LogP contribution in [0.3, 0.4) is 0 Å². The molecule has 104 valence electrons. The van der Waals surface area contributed by atoms with E-state index in [0.29, 0.717) is 18.1 Å². The van der Waals surface area contributed by atoms with Gasteiger partial charge in [-0.2, -0.15) is 0 Å². The Morgan fingerprint density at radius 1 is 1.22 bits per heavy atom. The molecule has 3 unspecified atom stereocenters. The summed E-state index contributed by atoms with van der Waals surface area (Å²) in [5.41, 5.74) is 0. The molecule has 1 N–H and O–H groups in total. The van der Waals surface area contributed by atoms with Crippen molar-refractivity contribution >= 4 is 5.84 Å². The molecule has 1 aliphatic carbocycles. The normalized spacial score (nSPS) is 35.4. The minimum atomic E-state index is 0.308. The monoisotopic (exact) mass is 254 g/mol. The first-order valence-electron chi connectivity index (χ1n) is 7.17. The lowest BCUT2D eigenvalue weighted by Crippen LogP contribution is -2.40. The number of aliphatic imine (C=N–C) groups is 1. The molecule has 0 radical (unpaired) electrons. The highest BCUT2D eigenvalue weighted by molar-refractivity contribution is 5.82. The van der Waals surface area contributed by atoms with Crippen LogP contribution in [0.1, 0.15) is 38.5 Å². The maximum absolute atomic E-state index is 6.09. The van der Waals surface area contributed by atoms with Gasteiger partial charge in [-0.3, -0.25) is 4.99 Å². The molecular formula is C14H26N2O2. The van der Waals surface area contributed by atoms with E-state index in [1.165, 1.54) is 19.3 Å². The molecule has 0 spiro atoms. The summed E-state index contributed by atoms with van der Waals surface area (Å²) >= 11 is 0. The Labute approximate surface area is 110 Å². The first kappa shape index (κ1) is 13.8. The Morgan fingerprint density at radius 3 is 2.61 bits per heavy atom. The van der Waals surface area contributed by atoms with Crippen LogP contribution in [0.4, 0.5) is 0 Å². The van der Waals surface area contributed by atoms with Crippen molar-refractivity contribution in [1.82, 2.24) is 5.32 Å². The molecule has 4 heteroatoms. The molecule has 0 bridgehead atoms. The van der Waals surface area contributed by atoms with Crippen LogP contribution in [0.5, 0.6) is 0 Å². The van der Waals surface area contributed by atoms with E-state index >= 15 is 0 Å². The Hall–Kier alpha value is -0.610. The number of rotatable bonds is 4. The largest absolute Gasteiger partial charge is 0.379 e. The molecule has 0 amide bonds. The molecule has 18 heavy (non-hydrogen) atoms. The highest BCUT2D eigenvalue weighted by Gasteiger charge is 2.27. The van der Waals surface area contributed by atoms with Crippen LogP contribution in [0.2, 0.25) is 0 Å². The van der Waals surface area contributed by atoms with Crippen LogP contribution < -0.4 is 5.32 Å². The van der Waals surface area contributed by atoms with E-state index in [-0.39, 0.29) is 0 Å². The summed E-state index contributed by atoms with van der Waals surface area (Å²) in [6.45, 7) is 1.85. The topological polar surface area (TPSA) is 42.9 Å². The van der Waals surface area contributed by atoms with Gasteiger partial charge in [0.15, 0.2) is 0 Å². The van der Waals surface area contributed by atoms with Gasteiger partial charge in [0.25, 0.3) is 0 Å². The quantitative estimate of drug-likeness (QED) is 0.834. The van der Waals surface area contributed by atoms with E-state index in [0.717, 1.165) is 38.2 Å². The standard InChI is InChI=1S/C14H26N2O2/c1-15-14-8-7-11(9-16-14)10-18-13-6-4-3-5-12(13)17-2/h11-13H,3-10H2,1-2H3,(H,15,16). The number of methoxy groups -OCH3 is 1. The maximum Gasteiger partial charge on any atom is 0.0959 e. The average molecular weight is 254 g/mol. The lowest BCUT2D eigenvalue weighted by molar-refractivity contribution is -0.0854. The second-order valence-corrected chi connectivity index (χ2v) is 5.39. The zero-order chi connectivity index (χ0) is 12.8. The van der Waals surface area contributed by atoms with Gasteiger partial charge in [-0.15, -0.1) is 0 Å². The average Bonchev–Trinajstić information content (AvgIpc) is 2.46. The number of amidine groups is 1. The van der Waals surface area contributed by atoms with E-state index in [2.05, 4.69) is 10.3 Å². The zero-order valence-corrected chi connectivity index (χ0v) is 11.7.